The minimum absolute atomic E-state index is 0.0234. The van der Waals surface area contributed by atoms with Crippen molar-refractivity contribution in [1.29, 1.82) is 0 Å². The van der Waals surface area contributed by atoms with E-state index in [1.165, 1.54) is 18.2 Å². The lowest BCUT2D eigenvalue weighted by atomic mass is 9.90. The Morgan fingerprint density at radius 3 is 2.19 bits per heavy atom. The van der Waals surface area contributed by atoms with Crippen LogP contribution in [0.5, 0.6) is 0 Å². The van der Waals surface area contributed by atoms with Crippen LogP contribution in [-0.4, -0.2) is 0 Å². The summed E-state index contributed by atoms with van der Waals surface area (Å²) >= 11 is 0. The van der Waals surface area contributed by atoms with Crippen molar-refractivity contribution >= 4 is 11.1 Å². The Labute approximate surface area is 121 Å². The third kappa shape index (κ3) is 2.40. The number of hydrogen-bond donors (Lipinski definition) is 2. The number of benzene rings is 2. The van der Waals surface area contributed by atoms with Crippen LogP contribution in [0.25, 0.3) is 11.1 Å². The first-order valence-electron chi connectivity index (χ1n) is 6.61. The average molecular weight is 284 g/mol. The van der Waals surface area contributed by atoms with Gasteiger partial charge in [0.15, 0.2) is 0 Å². The van der Waals surface area contributed by atoms with Gasteiger partial charge in [-0.05, 0) is 24.6 Å². The van der Waals surface area contributed by atoms with Gasteiger partial charge in [0, 0.05) is 23.0 Å². The molecule has 4 heteroatoms. The summed E-state index contributed by atoms with van der Waals surface area (Å²) in [6, 6.07) is 13.4. The van der Waals surface area contributed by atoms with Gasteiger partial charge in [-0.25, -0.2) is 8.78 Å². The Hall–Kier alpha value is -2.62. The molecule has 0 fully saturated rings. The van der Waals surface area contributed by atoms with Crippen molar-refractivity contribution in [2.24, 2.45) is 0 Å². The summed E-state index contributed by atoms with van der Waals surface area (Å²) in [5, 5.41) is 0. The summed E-state index contributed by atoms with van der Waals surface area (Å²) in [6.45, 7) is 1.86. The van der Waals surface area contributed by atoms with Gasteiger partial charge < -0.3 is 10.9 Å². The zero-order valence-electron chi connectivity index (χ0n) is 11.5. The predicted octanol–water partition coefficient (Wildman–Crippen LogP) is 3.84. The highest BCUT2D eigenvalue weighted by Gasteiger charge is 2.22. The molecule has 106 valence electrons. The van der Waals surface area contributed by atoms with Gasteiger partial charge in [0.2, 0.25) is 0 Å². The fourth-order valence-electron chi connectivity index (χ4n) is 2.48. The SMILES string of the molecule is CC1=C(c2ccccc2)C(c2c(F)cccc2F)=CNN1. The van der Waals surface area contributed by atoms with Crippen LogP contribution >= 0.6 is 0 Å². The first kappa shape index (κ1) is 13.4. The van der Waals surface area contributed by atoms with E-state index in [9.17, 15) is 8.78 Å². The fourth-order valence-corrected chi connectivity index (χ4v) is 2.48. The molecule has 0 aromatic heterocycles. The summed E-state index contributed by atoms with van der Waals surface area (Å²) < 4.78 is 28.2. The molecule has 0 radical (unpaired) electrons. The monoisotopic (exact) mass is 284 g/mol. The molecule has 21 heavy (non-hydrogen) atoms. The van der Waals surface area contributed by atoms with Gasteiger partial charge in [-0.3, -0.25) is 0 Å². The van der Waals surface area contributed by atoms with Crippen molar-refractivity contribution in [2.45, 2.75) is 6.92 Å². The van der Waals surface area contributed by atoms with Crippen molar-refractivity contribution in [2.75, 3.05) is 0 Å². The van der Waals surface area contributed by atoms with E-state index in [2.05, 4.69) is 10.9 Å². The average Bonchev–Trinajstić information content (AvgIpc) is 2.48. The maximum absolute atomic E-state index is 14.1. The fraction of sp³-hybridized carbons (Fsp3) is 0.0588. The third-order valence-corrected chi connectivity index (χ3v) is 3.42. The lowest BCUT2D eigenvalue weighted by Crippen LogP contribution is -2.29. The van der Waals surface area contributed by atoms with Gasteiger partial charge in [-0.2, -0.15) is 0 Å². The highest BCUT2D eigenvalue weighted by molar-refractivity contribution is 6.06. The smallest absolute Gasteiger partial charge is 0.134 e. The standard InChI is InChI=1S/C17H14F2N2/c1-11-16(12-6-3-2-4-7-12)13(10-20-21-11)17-14(18)8-5-9-15(17)19/h2-10,20-21H,1H3. The quantitative estimate of drug-likeness (QED) is 0.875. The minimum atomic E-state index is -0.578. The van der Waals surface area contributed by atoms with Crippen LogP contribution in [0.4, 0.5) is 8.78 Å². The molecule has 0 amide bonds. The molecule has 0 bridgehead atoms. The third-order valence-electron chi connectivity index (χ3n) is 3.42. The van der Waals surface area contributed by atoms with E-state index in [0.717, 1.165) is 16.8 Å². The molecule has 0 aliphatic carbocycles. The van der Waals surface area contributed by atoms with Crippen molar-refractivity contribution in [3.8, 4) is 0 Å². The molecule has 0 unspecified atom stereocenters. The van der Waals surface area contributed by atoms with Gasteiger partial charge in [0.25, 0.3) is 0 Å². The predicted molar refractivity (Wildman–Crippen MR) is 79.6 cm³/mol. The van der Waals surface area contributed by atoms with Gasteiger partial charge >= 0.3 is 0 Å². The van der Waals surface area contributed by atoms with Crippen molar-refractivity contribution in [3.63, 3.8) is 0 Å². The Balaban J connectivity index is 2.20. The normalized spacial score (nSPS) is 14.3. The van der Waals surface area contributed by atoms with E-state index in [4.69, 9.17) is 0 Å². The largest absolute Gasteiger partial charge is 0.308 e. The van der Waals surface area contributed by atoms with Crippen molar-refractivity contribution in [1.82, 2.24) is 10.9 Å². The first-order chi connectivity index (χ1) is 10.2. The molecule has 1 heterocycles. The summed E-state index contributed by atoms with van der Waals surface area (Å²) in [5.41, 5.74) is 8.77. The van der Waals surface area contributed by atoms with Gasteiger partial charge in [-0.1, -0.05) is 36.4 Å². The summed E-state index contributed by atoms with van der Waals surface area (Å²) in [4.78, 5) is 0. The van der Waals surface area contributed by atoms with Crippen LogP contribution < -0.4 is 10.9 Å². The molecule has 2 N–H and O–H groups in total. The van der Waals surface area contributed by atoms with Crippen LogP contribution in [0.3, 0.4) is 0 Å². The number of hydrogen-bond acceptors (Lipinski definition) is 2. The molecule has 2 nitrogen and oxygen atoms in total. The Morgan fingerprint density at radius 1 is 0.857 bits per heavy atom. The Morgan fingerprint density at radius 2 is 1.52 bits per heavy atom. The van der Waals surface area contributed by atoms with E-state index in [1.54, 1.807) is 6.20 Å². The Kier molecular flexibility index (Phi) is 3.44. The highest BCUT2D eigenvalue weighted by atomic mass is 19.1. The number of hydrazine groups is 1. The second kappa shape index (κ2) is 5.40. The number of nitrogens with one attached hydrogen (secondary N) is 2. The molecule has 2 aromatic carbocycles. The van der Waals surface area contributed by atoms with Gasteiger partial charge in [0.05, 0.1) is 5.56 Å². The van der Waals surface area contributed by atoms with Crippen LogP contribution in [-0.2, 0) is 0 Å². The zero-order valence-corrected chi connectivity index (χ0v) is 11.5. The molecule has 1 aliphatic rings. The van der Waals surface area contributed by atoms with Gasteiger partial charge in [-0.15, -0.1) is 0 Å². The van der Waals surface area contributed by atoms with E-state index in [-0.39, 0.29) is 5.56 Å². The van der Waals surface area contributed by atoms with E-state index < -0.39 is 11.6 Å². The first-order valence-corrected chi connectivity index (χ1v) is 6.61. The molecule has 1 aliphatic heterocycles. The molecular formula is C17H14F2N2. The van der Waals surface area contributed by atoms with Gasteiger partial charge in [0.1, 0.15) is 11.6 Å². The van der Waals surface area contributed by atoms with Crippen molar-refractivity contribution in [3.05, 3.63) is 83.2 Å². The van der Waals surface area contributed by atoms with E-state index in [1.807, 2.05) is 37.3 Å². The molecular weight excluding hydrogens is 270 g/mol. The second-order valence-corrected chi connectivity index (χ2v) is 4.79. The molecule has 0 atom stereocenters. The molecule has 0 spiro atoms. The van der Waals surface area contributed by atoms with E-state index in [0.29, 0.717) is 5.57 Å². The van der Waals surface area contributed by atoms with Crippen LogP contribution in [0.15, 0.2) is 60.4 Å². The molecule has 0 saturated carbocycles. The Bertz CT molecular complexity index is 713. The molecule has 2 aromatic rings. The number of halogens is 2. The molecule has 3 rings (SSSR count). The summed E-state index contributed by atoms with van der Waals surface area (Å²) in [6.07, 6.45) is 1.58. The van der Waals surface area contributed by atoms with E-state index >= 15 is 0 Å². The maximum atomic E-state index is 14.1. The van der Waals surface area contributed by atoms with Crippen LogP contribution in [0.2, 0.25) is 0 Å². The second-order valence-electron chi connectivity index (χ2n) is 4.79. The van der Waals surface area contributed by atoms with Crippen LogP contribution in [0, 0.1) is 11.6 Å². The van der Waals surface area contributed by atoms with Crippen molar-refractivity contribution < 1.29 is 8.78 Å². The molecule has 0 saturated heterocycles. The minimum Gasteiger partial charge on any atom is -0.308 e. The number of allylic oxidation sites excluding steroid dienone is 3. The lowest BCUT2D eigenvalue weighted by molar-refractivity contribution is 0.576. The summed E-state index contributed by atoms with van der Waals surface area (Å²) in [7, 11) is 0. The van der Waals surface area contributed by atoms with Crippen LogP contribution in [0.1, 0.15) is 18.1 Å². The lowest BCUT2D eigenvalue weighted by Gasteiger charge is -2.23. The number of rotatable bonds is 2. The maximum Gasteiger partial charge on any atom is 0.134 e. The zero-order chi connectivity index (χ0) is 14.8. The highest BCUT2D eigenvalue weighted by Crippen LogP contribution is 2.36. The topological polar surface area (TPSA) is 24.1 Å². The summed E-state index contributed by atoms with van der Waals surface area (Å²) in [5.74, 6) is -1.16.